The van der Waals surface area contributed by atoms with Gasteiger partial charge in [-0.15, -0.1) is 0 Å². The number of nitrogens with zero attached hydrogens (tertiary/aromatic N) is 1. The van der Waals surface area contributed by atoms with E-state index in [-0.39, 0.29) is 18.0 Å². The van der Waals surface area contributed by atoms with Crippen molar-refractivity contribution < 1.29 is 4.79 Å². The van der Waals surface area contributed by atoms with Crippen LogP contribution in [0.25, 0.3) is 0 Å². The zero-order chi connectivity index (χ0) is 12.7. The molecule has 0 rings (SSSR count). The van der Waals surface area contributed by atoms with Crippen LogP contribution in [0.5, 0.6) is 0 Å². The van der Waals surface area contributed by atoms with Gasteiger partial charge in [0.05, 0.1) is 11.5 Å². The quantitative estimate of drug-likeness (QED) is 0.654. The zero-order valence-electron chi connectivity index (χ0n) is 10.6. The summed E-state index contributed by atoms with van der Waals surface area (Å²) in [5.41, 5.74) is 5.47. The zero-order valence-corrected chi connectivity index (χ0v) is 11.4. The normalized spacial score (nSPS) is 14.6. The lowest BCUT2D eigenvalue weighted by Crippen LogP contribution is -2.43. The molecular weight excluding hydrogens is 222 g/mol. The second-order valence-corrected chi connectivity index (χ2v) is 4.84. The summed E-state index contributed by atoms with van der Waals surface area (Å²) >= 11 is 4.84. The van der Waals surface area contributed by atoms with Crippen LogP contribution in [0, 0.1) is 0 Å². The first-order valence-corrected chi connectivity index (χ1v) is 6.05. The molecule has 2 unspecified atom stereocenters. The highest BCUT2D eigenvalue weighted by molar-refractivity contribution is 7.80. The SMILES string of the molecule is CCC(C)NC(=O)CN(C)C(C)CC(N)=S. The van der Waals surface area contributed by atoms with Crippen LogP contribution in [0.4, 0.5) is 0 Å². The minimum absolute atomic E-state index is 0.0478. The third-order valence-corrected chi connectivity index (χ3v) is 2.83. The molecule has 0 bridgehead atoms. The molecule has 0 aromatic heterocycles. The molecular formula is C11H23N3OS. The van der Waals surface area contributed by atoms with Gasteiger partial charge in [-0.1, -0.05) is 19.1 Å². The molecule has 0 spiro atoms. The van der Waals surface area contributed by atoms with E-state index in [2.05, 4.69) is 5.32 Å². The van der Waals surface area contributed by atoms with Gasteiger partial charge >= 0.3 is 0 Å². The predicted molar refractivity (Wildman–Crippen MR) is 71.4 cm³/mol. The molecule has 0 fully saturated rings. The van der Waals surface area contributed by atoms with Crippen molar-refractivity contribution in [3.63, 3.8) is 0 Å². The van der Waals surface area contributed by atoms with Crippen LogP contribution in [-0.4, -0.2) is 41.5 Å². The van der Waals surface area contributed by atoms with Crippen molar-refractivity contribution >= 4 is 23.1 Å². The van der Waals surface area contributed by atoms with Gasteiger partial charge in [0.2, 0.25) is 5.91 Å². The third-order valence-electron chi connectivity index (χ3n) is 2.66. The highest BCUT2D eigenvalue weighted by Crippen LogP contribution is 2.00. The lowest BCUT2D eigenvalue weighted by atomic mass is 10.2. The Kier molecular flexibility index (Phi) is 7.25. The molecule has 0 aromatic rings. The summed E-state index contributed by atoms with van der Waals surface area (Å²) in [6.45, 7) is 6.43. The second kappa shape index (κ2) is 7.57. The molecule has 2 atom stereocenters. The van der Waals surface area contributed by atoms with Crippen LogP contribution in [-0.2, 0) is 4.79 Å². The Hall–Kier alpha value is -0.680. The summed E-state index contributed by atoms with van der Waals surface area (Å²) in [6, 6.07) is 0.423. The van der Waals surface area contributed by atoms with Crippen molar-refractivity contribution in [1.82, 2.24) is 10.2 Å². The smallest absolute Gasteiger partial charge is 0.234 e. The summed E-state index contributed by atoms with van der Waals surface area (Å²) in [5.74, 6) is 0.0478. The van der Waals surface area contributed by atoms with Gasteiger partial charge in [-0.3, -0.25) is 9.69 Å². The standard InChI is InChI=1S/C11H23N3OS/c1-5-8(2)13-11(15)7-14(4)9(3)6-10(12)16/h8-9H,5-7H2,1-4H3,(H2,12,16)(H,13,15). The van der Waals surface area contributed by atoms with Crippen LogP contribution >= 0.6 is 12.2 Å². The number of carbonyl (C=O) groups is 1. The van der Waals surface area contributed by atoms with Gasteiger partial charge in [-0.2, -0.15) is 0 Å². The molecule has 0 aromatic carbocycles. The minimum Gasteiger partial charge on any atom is -0.393 e. The fraction of sp³-hybridized carbons (Fsp3) is 0.818. The maximum atomic E-state index is 11.6. The Labute approximate surface area is 104 Å². The number of nitrogens with two attached hydrogens (primary N) is 1. The van der Waals surface area contributed by atoms with Gasteiger partial charge in [-0.25, -0.2) is 0 Å². The van der Waals surface area contributed by atoms with Crippen molar-refractivity contribution in [1.29, 1.82) is 0 Å². The van der Waals surface area contributed by atoms with Crippen molar-refractivity contribution in [3.05, 3.63) is 0 Å². The third kappa shape index (κ3) is 6.74. The molecule has 1 amide bonds. The van der Waals surface area contributed by atoms with Crippen LogP contribution in [0.15, 0.2) is 0 Å². The number of hydrogen-bond acceptors (Lipinski definition) is 3. The predicted octanol–water partition coefficient (Wildman–Crippen LogP) is 0.898. The van der Waals surface area contributed by atoms with E-state index >= 15 is 0 Å². The van der Waals surface area contributed by atoms with Gasteiger partial charge in [0.25, 0.3) is 0 Å². The van der Waals surface area contributed by atoms with Gasteiger partial charge in [0.1, 0.15) is 0 Å². The van der Waals surface area contributed by atoms with Crippen LogP contribution in [0.2, 0.25) is 0 Å². The van der Waals surface area contributed by atoms with Crippen molar-refractivity contribution in [3.8, 4) is 0 Å². The first kappa shape index (κ1) is 15.3. The Balaban J connectivity index is 3.98. The molecule has 0 aliphatic rings. The van der Waals surface area contributed by atoms with E-state index in [9.17, 15) is 4.79 Å². The number of likely N-dealkylation sites (N-methyl/N-ethyl adjacent to an activating group) is 1. The number of amides is 1. The Morgan fingerprint density at radius 3 is 2.50 bits per heavy atom. The van der Waals surface area contributed by atoms with Crippen molar-refractivity contribution in [2.45, 2.75) is 45.7 Å². The topological polar surface area (TPSA) is 58.4 Å². The van der Waals surface area contributed by atoms with E-state index < -0.39 is 0 Å². The summed E-state index contributed by atoms with van der Waals surface area (Å²) in [7, 11) is 1.90. The summed E-state index contributed by atoms with van der Waals surface area (Å²) in [4.78, 5) is 14.0. The van der Waals surface area contributed by atoms with Gasteiger partial charge in [-0.05, 0) is 27.3 Å². The number of thiocarbonyl (C=S) groups is 1. The maximum Gasteiger partial charge on any atom is 0.234 e. The first-order chi connectivity index (χ1) is 7.36. The monoisotopic (exact) mass is 245 g/mol. The van der Waals surface area contributed by atoms with Gasteiger partial charge in [0.15, 0.2) is 0 Å². The average Bonchev–Trinajstić information content (AvgIpc) is 2.16. The molecule has 0 heterocycles. The molecule has 3 N–H and O–H groups in total. The molecule has 5 heteroatoms. The fourth-order valence-corrected chi connectivity index (χ4v) is 1.49. The van der Waals surface area contributed by atoms with Crippen molar-refractivity contribution in [2.75, 3.05) is 13.6 Å². The lowest BCUT2D eigenvalue weighted by Gasteiger charge is -2.24. The largest absolute Gasteiger partial charge is 0.393 e. The lowest BCUT2D eigenvalue weighted by molar-refractivity contribution is -0.123. The molecule has 4 nitrogen and oxygen atoms in total. The Bertz CT molecular complexity index is 245. The molecule has 16 heavy (non-hydrogen) atoms. The molecule has 94 valence electrons. The van der Waals surface area contributed by atoms with E-state index in [0.29, 0.717) is 18.0 Å². The Morgan fingerprint density at radius 1 is 1.50 bits per heavy atom. The number of nitrogens with one attached hydrogen (secondary N) is 1. The van der Waals surface area contributed by atoms with Crippen LogP contribution < -0.4 is 11.1 Å². The highest BCUT2D eigenvalue weighted by atomic mass is 32.1. The van der Waals surface area contributed by atoms with E-state index in [1.54, 1.807) is 0 Å². The minimum atomic E-state index is 0.0478. The Morgan fingerprint density at radius 2 is 2.06 bits per heavy atom. The van der Waals surface area contributed by atoms with Crippen molar-refractivity contribution in [2.24, 2.45) is 5.73 Å². The maximum absolute atomic E-state index is 11.6. The second-order valence-electron chi connectivity index (χ2n) is 4.31. The number of hydrogen-bond donors (Lipinski definition) is 2. The molecule has 0 saturated carbocycles. The van der Waals surface area contributed by atoms with Crippen LogP contribution in [0.1, 0.15) is 33.6 Å². The van der Waals surface area contributed by atoms with Crippen LogP contribution in [0.3, 0.4) is 0 Å². The summed E-state index contributed by atoms with van der Waals surface area (Å²) in [5, 5.41) is 2.92. The molecule has 0 radical (unpaired) electrons. The van der Waals surface area contributed by atoms with E-state index in [1.165, 1.54) is 0 Å². The van der Waals surface area contributed by atoms with E-state index in [0.717, 1.165) is 6.42 Å². The first-order valence-electron chi connectivity index (χ1n) is 5.64. The van der Waals surface area contributed by atoms with Gasteiger partial charge in [0, 0.05) is 18.5 Å². The summed E-state index contributed by atoms with van der Waals surface area (Å²) < 4.78 is 0. The number of rotatable bonds is 7. The van der Waals surface area contributed by atoms with E-state index in [4.69, 9.17) is 18.0 Å². The van der Waals surface area contributed by atoms with E-state index in [1.807, 2.05) is 32.7 Å². The number of carbonyl (C=O) groups excluding carboxylic acids is 1. The molecule has 0 aliphatic heterocycles. The molecule has 0 aliphatic carbocycles. The fourth-order valence-electron chi connectivity index (χ4n) is 1.25. The average molecular weight is 245 g/mol. The highest BCUT2D eigenvalue weighted by Gasteiger charge is 2.14. The van der Waals surface area contributed by atoms with Gasteiger partial charge < -0.3 is 11.1 Å². The summed E-state index contributed by atoms with van der Waals surface area (Å²) in [6.07, 6.45) is 1.58. The molecule has 0 saturated heterocycles.